The Kier molecular flexibility index (Phi) is 4.44. The molecule has 4 rings (SSSR count). The van der Waals surface area contributed by atoms with Crippen LogP contribution in [0.3, 0.4) is 0 Å². The van der Waals surface area contributed by atoms with E-state index in [1.54, 1.807) is 11.3 Å². The van der Waals surface area contributed by atoms with Gasteiger partial charge < -0.3 is 15.5 Å². The minimum atomic E-state index is -0.541. The predicted octanol–water partition coefficient (Wildman–Crippen LogP) is 2.25. The lowest BCUT2D eigenvalue weighted by atomic mass is 10.1. The number of fused-ring (bicyclic) bond motifs is 1. The maximum absolute atomic E-state index is 12.1. The molecule has 1 aliphatic carbocycles. The molecule has 0 unspecified atom stereocenters. The number of nitrogens with one attached hydrogen (secondary N) is 2. The predicted molar refractivity (Wildman–Crippen MR) is 98.7 cm³/mol. The highest BCUT2D eigenvalue weighted by Crippen LogP contribution is 2.36. The van der Waals surface area contributed by atoms with E-state index in [-0.39, 0.29) is 12.1 Å². The van der Waals surface area contributed by atoms with E-state index in [0.29, 0.717) is 6.54 Å². The molecule has 0 bridgehead atoms. The zero-order valence-electron chi connectivity index (χ0n) is 13.9. The Morgan fingerprint density at radius 1 is 1.16 bits per heavy atom. The highest BCUT2D eigenvalue weighted by Gasteiger charge is 2.30. The number of rotatable bonds is 5. The summed E-state index contributed by atoms with van der Waals surface area (Å²) >= 11 is 1.68. The maximum Gasteiger partial charge on any atom is 0.309 e. The topological polar surface area (TPSA) is 61.4 Å². The van der Waals surface area contributed by atoms with Gasteiger partial charge in [-0.2, -0.15) is 0 Å². The van der Waals surface area contributed by atoms with Crippen LogP contribution in [0.5, 0.6) is 0 Å². The van der Waals surface area contributed by atoms with Crippen LogP contribution in [0.1, 0.15) is 29.3 Å². The number of hydrogen-bond acceptors (Lipinski definition) is 4. The van der Waals surface area contributed by atoms with Gasteiger partial charge >= 0.3 is 11.8 Å². The van der Waals surface area contributed by atoms with E-state index in [2.05, 4.69) is 39.8 Å². The molecule has 1 aromatic carbocycles. The molecule has 0 radical (unpaired) electrons. The van der Waals surface area contributed by atoms with Crippen molar-refractivity contribution in [2.45, 2.75) is 31.3 Å². The molecule has 5 nitrogen and oxygen atoms in total. The second-order valence-corrected chi connectivity index (χ2v) is 7.54. The van der Waals surface area contributed by atoms with E-state index >= 15 is 0 Å². The Hall–Kier alpha value is -2.34. The maximum atomic E-state index is 12.1. The molecule has 6 heteroatoms. The first kappa shape index (κ1) is 16.1. The molecule has 1 aliphatic heterocycles. The first-order valence-corrected chi connectivity index (χ1v) is 9.57. The van der Waals surface area contributed by atoms with Gasteiger partial charge in [-0.3, -0.25) is 9.59 Å². The Balaban J connectivity index is 1.48. The van der Waals surface area contributed by atoms with Gasteiger partial charge in [0.25, 0.3) is 0 Å². The van der Waals surface area contributed by atoms with Gasteiger partial charge in [0.15, 0.2) is 0 Å². The van der Waals surface area contributed by atoms with Gasteiger partial charge in [0.05, 0.1) is 6.04 Å². The fraction of sp³-hybridized carbons (Fsp3) is 0.368. The molecule has 2 heterocycles. The normalized spacial score (nSPS) is 17.0. The number of amides is 2. The van der Waals surface area contributed by atoms with E-state index in [1.807, 2.05) is 17.5 Å². The summed E-state index contributed by atoms with van der Waals surface area (Å²) in [5, 5.41) is 7.61. The van der Waals surface area contributed by atoms with Crippen molar-refractivity contribution in [3.8, 4) is 0 Å². The van der Waals surface area contributed by atoms with E-state index in [9.17, 15) is 9.59 Å². The standard InChI is InChI=1S/C19H21N3O2S/c23-18(19(24)21-14-7-8-14)20-12-16(17-6-3-11-25-17)22-10-9-13-4-1-2-5-15(13)22/h1-6,11,14,16H,7-10,12H2,(H,20,23)(H,21,24)/t16-/m0/s1. The van der Waals surface area contributed by atoms with Gasteiger partial charge in [0.1, 0.15) is 0 Å². The lowest BCUT2D eigenvalue weighted by molar-refractivity contribution is -0.139. The summed E-state index contributed by atoms with van der Waals surface area (Å²) in [5.41, 5.74) is 2.56. The van der Waals surface area contributed by atoms with Crippen molar-refractivity contribution in [1.82, 2.24) is 10.6 Å². The number of anilines is 1. The van der Waals surface area contributed by atoms with Crippen LogP contribution >= 0.6 is 11.3 Å². The zero-order chi connectivity index (χ0) is 17.2. The fourth-order valence-corrected chi connectivity index (χ4v) is 4.12. The number of benzene rings is 1. The first-order chi connectivity index (χ1) is 12.2. The van der Waals surface area contributed by atoms with E-state index in [1.165, 1.54) is 16.1 Å². The molecular formula is C19H21N3O2S. The van der Waals surface area contributed by atoms with Crippen LogP contribution in [0.2, 0.25) is 0 Å². The van der Waals surface area contributed by atoms with Crippen LogP contribution in [-0.4, -0.2) is 30.9 Å². The largest absolute Gasteiger partial charge is 0.361 e. The van der Waals surface area contributed by atoms with Crippen LogP contribution in [0.15, 0.2) is 41.8 Å². The molecule has 25 heavy (non-hydrogen) atoms. The fourth-order valence-electron chi connectivity index (χ4n) is 3.28. The summed E-state index contributed by atoms with van der Waals surface area (Å²) in [6.07, 6.45) is 2.96. The SMILES string of the molecule is O=C(NC[C@@H](c1cccs1)N1CCc2ccccc21)C(=O)NC1CC1. The van der Waals surface area contributed by atoms with Crippen molar-refractivity contribution in [1.29, 1.82) is 0 Å². The quantitative estimate of drug-likeness (QED) is 0.809. The first-order valence-electron chi connectivity index (χ1n) is 8.69. The molecule has 1 saturated carbocycles. The summed E-state index contributed by atoms with van der Waals surface area (Å²) < 4.78 is 0. The van der Waals surface area contributed by atoms with Crippen molar-refractivity contribution < 1.29 is 9.59 Å². The third kappa shape index (κ3) is 3.54. The van der Waals surface area contributed by atoms with Crippen LogP contribution in [0, 0.1) is 0 Å². The molecule has 0 spiro atoms. The van der Waals surface area contributed by atoms with Crippen LogP contribution < -0.4 is 15.5 Å². The molecule has 1 fully saturated rings. The molecule has 2 aliphatic rings. The third-order valence-corrected chi connectivity index (χ3v) is 5.72. The summed E-state index contributed by atoms with van der Waals surface area (Å²) in [5.74, 6) is -1.06. The highest BCUT2D eigenvalue weighted by atomic mass is 32.1. The number of carbonyl (C=O) groups excluding carboxylic acids is 2. The molecule has 0 saturated heterocycles. The van der Waals surface area contributed by atoms with Crippen LogP contribution in [-0.2, 0) is 16.0 Å². The average Bonchev–Trinajstić information content (AvgIpc) is 3.12. The Labute approximate surface area is 151 Å². The Bertz CT molecular complexity index is 771. The second kappa shape index (κ2) is 6.88. The van der Waals surface area contributed by atoms with E-state index in [4.69, 9.17) is 0 Å². The monoisotopic (exact) mass is 355 g/mol. The zero-order valence-corrected chi connectivity index (χ0v) is 14.7. The van der Waals surface area contributed by atoms with Gasteiger partial charge in [-0.25, -0.2) is 0 Å². The molecule has 2 aromatic rings. The number of nitrogens with zero attached hydrogens (tertiary/aromatic N) is 1. The van der Waals surface area contributed by atoms with Gasteiger partial charge in [0.2, 0.25) is 0 Å². The number of para-hydroxylation sites is 1. The van der Waals surface area contributed by atoms with Gasteiger partial charge in [-0.05, 0) is 42.3 Å². The molecular weight excluding hydrogens is 334 g/mol. The molecule has 130 valence electrons. The van der Waals surface area contributed by atoms with Crippen LogP contribution in [0.25, 0.3) is 0 Å². The van der Waals surface area contributed by atoms with E-state index < -0.39 is 11.8 Å². The minimum absolute atomic E-state index is 0.0429. The summed E-state index contributed by atoms with van der Waals surface area (Å²) in [4.78, 5) is 27.5. The third-order valence-electron chi connectivity index (χ3n) is 4.75. The summed E-state index contributed by atoms with van der Waals surface area (Å²) in [6.45, 7) is 1.35. The van der Waals surface area contributed by atoms with Crippen LogP contribution in [0.4, 0.5) is 5.69 Å². The van der Waals surface area contributed by atoms with Gasteiger partial charge in [-0.1, -0.05) is 24.3 Å². The number of thiophene rings is 1. The van der Waals surface area contributed by atoms with Gasteiger partial charge in [0, 0.05) is 29.7 Å². The molecule has 1 aromatic heterocycles. The Morgan fingerprint density at radius 2 is 2.00 bits per heavy atom. The highest BCUT2D eigenvalue weighted by molar-refractivity contribution is 7.10. The summed E-state index contributed by atoms with van der Waals surface area (Å²) in [6, 6.07) is 12.7. The number of carbonyl (C=O) groups is 2. The second-order valence-electron chi connectivity index (χ2n) is 6.56. The van der Waals surface area contributed by atoms with Crippen molar-refractivity contribution in [3.05, 3.63) is 52.2 Å². The lowest BCUT2D eigenvalue weighted by Crippen LogP contribution is -2.44. The molecule has 1 atom stereocenters. The molecule has 2 amide bonds. The number of hydrogen-bond donors (Lipinski definition) is 2. The van der Waals surface area contributed by atoms with Gasteiger partial charge in [-0.15, -0.1) is 11.3 Å². The molecule has 2 N–H and O–H groups in total. The lowest BCUT2D eigenvalue weighted by Gasteiger charge is -2.30. The van der Waals surface area contributed by atoms with E-state index in [0.717, 1.165) is 25.8 Å². The van der Waals surface area contributed by atoms with Crippen molar-refractivity contribution >= 4 is 28.8 Å². The smallest absolute Gasteiger partial charge is 0.309 e. The Morgan fingerprint density at radius 3 is 2.76 bits per heavy atom. The summed E-state index contributed by atoms with van der Waals surface area (Å²) in [7, 11) is 0. The van der Waals surface area contributed by atoms with Crippen molar-refractivity contribution in [2.24, 2.45) is 0 Å². The van der Waals surface area contributed by atoms with Crippen molar-refractivity contribution in [2.75, 3.05) is 18.0 Å². The minimum Gasteiger partial charge on any atom is -0.361 e. The average molecular weight is 355 g/mol. The van der Waals surface area contributed by atoms with Crippen molar-refractivity contribution in [3.63, 3.8) is 0 Å².